The molecule has 0 aliphatic heterocycles. The number of rotatable bonds is 6. The molecular formula is C22H24O6. The summed E-state index contributed by atoms with van der Waals surface area (Å²) < 4.78 is 20.9. The Hall–Kier alpha value is -3.15. The summed E-state index contributed by atoms with van der Waals surface area (Å²) in [6.07, 6.45) is 1.11. The van der Waals surface area contributed by atoms with Crippen molar-refractivity contribution in [3.05, 3.63) is 58.8 Å². The summed E-state index contributed by atoms with van der Waals surface area (Å²) in [7, 11) is 6.07. The second kappa shape index (κ2) is 8.25. The zero-order valence-corrected chi connectivity index (χ0v) is 16.4. The van der Waals surface area contributed by atoms with Crippen molar-refractivity contribution in [2.24, 2.45) is 5.92 Å². The van der Waals surface area contributed by atoms with Crippen LogP contribution in [0.1, 0.15) is 16.7 Å². The summed E-state index contributed by atoms with van der Waals surface area (Å²) in [6.45, 7) is 0. The third-order valence-corrected chi connectivity index (χ3v) is 5.01. The Morgan fingerprint density at radius 3 is 2.39 bits per heavy atom. The first kappa shape index (κ1) is 19.6. The summed E-state index contributed by atoms with van der Waals surface area (Å²) in [6, 6.07) is 11.1. The van der Waals surface area contributed by atoms with Crippen molar-refractivity contribution >= 4 is 11.5 Å². The lowest BCUT2D eigenvalue weighted by Gasteiger charge is -2.27. The van der Waals surface area contributed by atoms with Gasteiger partial charge in [0.25, 0.3) is 0 Å². The van der Waals surface area contributed by atoms with Crippen LogP contribution in [0.25, 0.3) is 5.57 Å². The number of carbonyl (C=O) groups is 1. The van der Waals surface area contributed by atoms with Gasteiger partial charge in [-0.1, -0.05) is 12.1 Å². The predicted octanol–water partition coefficient (Wildman–Crippen LogP) is 3.57. The Morgan fingerprint density at radius 1 is 1.00 bits per heavy atom. The van der Waals surface area contributed by atoms with Crippen LogP contribution in [0.15, 0.2) is 42.2 Å². The van der Waals surface area contributed by atoms with Crippen LogP contribution in [-0.4, -0.2) is 39.5 Å². The molecule has 1 unspecified atom stereocenters. The third-order valence-electron chi connectivity index (χ3n) is 5.01. The van der Waals surface area contributed by atoms with Crippen LogP contribution in [0, 0.1) is 5.92 Å². The molecule has 6 nitrogen and oxygen atoms in total. The van der Waals surface area contributed by atoms with E-state index in [9.17, 15) is 9.90 Å². The summed E-state index contributed by atoms with van der Waals surface area (Å²) in [5.41, 5.74) is 2.78. The van der Waals surface area contributed by atoms with Crippen LogP contribution in [0.3, 0.4) is 0 Å². The number of aliphatic hydroxyl groups is 1. The van der Waals surface area contributed by atoms with Gasteiger partial charge >= 0.3 is 5.97 Å². The van der Waals surface area contributed by atoms with Gasteiger partial charge in [-0.3, -0.25) is 0 Å². The molecule has 1 N–H and O–H groups in total. The molecule has 0 amide bonds. The van der Waals surface area contributed by atoms with Crippen molar-refractivity contribution in [3.63, 3.8) is 0 Å². The van der Waals surface area contributed by atoms with E-state index in [2.05, 4.69) is 0 Å². The van der Waals surface area contributed by atoms with E-state index in [1.54, 1.807) is 33.5 Å². The molecule has 6 heteroatoms. The van der Waals surface area contributed by atoms with Crippen LogP contribution in [0.2, 0.25) is 0 Å². The molecular weight excluding hydrogens is 360 g/mol. The van der Waals surface area contributed by atoms with Gasteiger partial charge in [0.1, 0.15) is 17.1 Å². The average molecular weight is 384 g/mol. The van der Waals surface area contributed by atoms with Crippen molar-refractivity contribution in [2.45, 2.75) is 12.8 Å². The first-order valence-electron chi connectivity index (χ1n) is 8.92. The van der Waals surface area contributed by atoms with Crippen LogP contribution in [-0.2, 0) is 22.4 Å². The zero-order chi connectivity index (χ0) is 20.3. The monoisotopic (exact) mass is 384 g/mol. The molecule has 28 heavy (non-hydrogen) atoms. The molecule has 0 saturated carbocycles. The largest absolute Gasteiger partial charge is 0.511 e. The summed E-state index contributed by atoms with van der Waals surface area (Å²) in [5.74, 6) is 1.18. The molecule has 0 spiro atoms. The molecule has 1 aliphatic rings. The first-order valence-corrected chi connectivity index (χ1v) is 8.92. The van der Waals surface area contributed by atoms with Crippen LogP contribution in [0.5, 0.6) is 17.2 Å². The summed E-state index contributed by atoms with van der Waals surface area (Å²) in [5, 5.41) is 10.9. The van der Waals surface area contributed by atoms with Crippen molar-refractivity contribution in [1.29, 1.82) is 0 Å². The van der Waals surface area contributed by atoms with E-state index < -0.39 is 5.97 Å². The maximum absolute atomic E-state index is 12.4. The van der Waals surface area contributed by atoms with E-state index in [-0.39, 0.29) is 17.3 Å². The highest BCUT2D eigenvalue weighted by atomic mass is 16.5. The molecule has 2 aromatic rings. The predicted molar refractivity (Wildman–Crippen MR) is 105 cm³/mol. The fourth-order valence-electron chi connectivity index (χ4n) is 3.59. The fraction of sp³-hybridized carbons (Fsp3) is 0.318. The number of aliphatic hydroxyl groups excluding tert-OH is 1. The third kappa shape index (κ3) is 3.63. The number of methoxy groups -OCH3 is 4. The van der Waals surface area contributed by atoms with E-state index in [1.165, 1.54) is 7.11 Å². The number of carbonyl (C=O) groups excluding carboxylic acids is 1. The molecule has 0 bridgehead atoms. The molecule has 0 fully saturated rings. The highest BCUT2D eigenvalue weighted by Crippen LogP contribution is 2.38. The second-order valence-electron chi connectivity index (χ2n) is 6.57. The molecule has 0 aromatic heterocycles. The number of benzene rings is 2. The Labute approximate surface area is 164 Å². The van der Waals surface area contributed by atoms with Crippen molar-refractivity contribution in [1.82, 2.24) is 0 Å². The SMILES string of the molecule is COC(=O)C1=C(O)C(Cc2ccc(OC)c(OC)c2)Cc2cc(OC)ccc21. The van der Waals surface area contributed by atoms with Gasteiger partial charge in [-0.15, -0.1) is 0 Å². The number of esters is 1. The number of hydrogen-bond donors (Lipinski definition) is 1. The Morgan fingerprint density at radius 2 is 1.75 bits per heavy atom. The smallest absolute Gasteiger partial charge is 0.341 e. The van der Waals surface area contributed by atoms with Gasteiger partial charge in [-0.2, -0.15) is 0 Å². The van der Waals surface area contributed by atoms with Gasteiger partial charge in [0.15, 0.2) is 11.5 Å². The lowest BCUT2D eigenvalue weighted by molar-refractivity contribution is -0.133. The highest BCUT2D eigenvalue weighted by Gasteiger charge is 2.32. The van der Waals surface area contributed by atoms with Crippen molar-refractivity contribution in [2.75, 3.05) is 28.4 Å². The van der Waals surface area contributed by atoms with Crippen LogP contribution < -0.4 is 14.2 Å². The van der Waals surface area contributed by atoms with Crippen LogP contribution in [0.4, 0.5) is 0 Å². The Bertz CT molecular complexity index is 915. The second-order valence-corrected chi connectivity index (χ2v) is 6.57. The average Bonchev–Trinajstić information content (AvgIpc) is 2.73. The number of allylic oxidation sites excluding steroid dienone is 1. The molecule has 0 heterocycles. The molecule has 2 aromatic carbocycles. The first-order chi connectivity index (χ1) is 13.5. The number of hydrogen-bond acceptors (Lipinski definition) is 6. The zero-order valence-electron chi connectivity index (χ0n) is 16.4. The van der Waals surface area contributed by atoms with Gasteiger partial charge in [-0.05, 0) is 53.8 Å². The van der Waals surface area contributed by atoms with Crippen molar-refractivity contribution < 1.29 is 28.8 Å². The van der Waals surface area contributed by atoms with E-state index in [4.69, 9.17) is 18.9 Å². The van der Waals surface area contributed by atoms with Gasteiger partial charge in [0, 0.05) is 5.92 Å². The maximum atomic E-state index is 12.4. The molecule has 1 aliphatic carbocycles. The summed E-state index contributed by atoms with van der Waals surface area (Å²) >= 11 is 0. The van der Waals surface area contributed by atoms with Gasteiger partial charge in [0.2, 0.25) is 0 Å². The van der Waals surface area contributed by atoms with Crippen LogP contribution >= 0.6 is 0 Å². The fourth-order valence-corrected chi connectivity index (χ4v) is 3.59. The van der Waals surface area contributed by atoms with Gasteiger partial charge in [0.05, 0.1) is 28.4 Å². The van der Waals surface area contributed by atoms with E-state index in [0.717, 1.165) is 11.1 Å². The quantitative estimate of drug-likeness (QED) is 0.768. The molecule has 1 atom stereocenters. The summed E-state index contributed by atoms with van der Waals surface area (Å²) in [4.78, 5) is 12.4. The minimum Gasteiger partial charge on any atom is -0.511 e. The lowest BCUT2D eigenvalue weighted by atomic mass is 9.80. The molecule has 148 valence electrons. The Kier molecular flexibility index (Phi) is 5.78. The minimum absolute atomic E-state index is 0.0410. The van der Waals surface area contributed by atoms with Gasteiger partial charge < -0.3 is 24.1 Å². The highest BCUT2D eigenvalue weighted by molar-refractivity contribution is 6.18. The van der Waals surface area contributed by atoms with Crippen molar-refractivity contribution in [3.8, 4) is 17.2 Å². The topological polar surface area (TPSA) is 74.2 Å². The Balaban J connectivity index is 2.00. The molecule has 3 rings (SSSR count). The maximum Gasteiger partial charge on any atom is 0.341 e. The van der Waals surface area contributed by atoms with E-state index >= 15 is 0 Å². The van der Waals surface area contributed by atoms with E-state index in [1.807, 2.05) is 24.3 Å². The number of ether oxygens (including phenoxy) is 4. The molecule has 0 radical (unpaired) electrons. The van der Waals surface area contributed by atoms with Gasteiger partial charge in [-0.25, -0.2) is 4.79 Å². The number of fused-ring (bicyclic) bond motifs is 1. The minimum atomic E-state index is -0.555. The normalized spacial score (nSPS) is 15.6. The molecule has 0 saturated heterocycles. The standard InChI is InChI=1S/C22H24O6/c1-25-16-6-7-17-14(12-16)11-15(21(23)20(17)22(24)28-4)9-13-5-8-18(26-2)19(10-13)27-3/h5-8,10,12,15,23H,9,11H2,1-4H3. The van der Waals surface area contributed by atoms with E-state index in [0.29, 0.717) is 35.7 Å². The lowest BCUT2D eigenvalue weighted by Crippen LogP contribution is -2.22.